The molecule has 178 valence electrons. The lowest BCUT2D eigenvalue weighted by molar-refractivity contribution is -0.385. The molecule has 7 nitrogen and oxygen atoms in total. The van der Waals surface area contributed by atoms with Crippen molar-refractivity contribution in [1.29, 1.82) is 5.26 Å². The summed E-state index contributed by atoms with van der Waals surface area (Å²) in [6.45, 7) is 3.64. The van der Waals surface area contributed by atoms with E-state index in [0.717, 1.165) is 34.0 Å². The normalized spacial score (nSPS) is 10.5. The molecule has 4 rings (SSSR count). The molecule has 0 radical (unpaired) electrons. The molecular weight excluding hydrogens is 472 g/mol. The van der Waals surface area contributed by atoms with Crippen molar-refractivity contribution in [3.63, 3.8) is 0 Å². The molecule has 0 saturated carbocycles. The molecule has 8 heteroatoms. The van der Waals surface area contributed by atoms with E-state index < -0.39 is 4.92 Å². The summed E-state index contributed by atoms with van der Waals surface area (Å²) in [7, 11) is 0. The van der Waals surface area contributed by atoms with Crippen molar-refractivity contribution in [1.82, 2.24) is 4.98 Å². The second-order valence-corrected chi connectivity index (χ2v) is 9.14. The maximum absolute atomic E-state index is 12.7. The van der Waals surface area contributed by atoms with E-state index in [1.807, 2.05) is 67.6 Å². The highest BCUT2D eigenvalue weighted by molar-refractivity contribution is 8.00. The quantitative estimate of drug-likeness (QED) is 0.177. The van der Waals surface area contributed by atoms with Crippen LogP contribution in [0.3, 0.4) is 0 Å². The van der Waals surface area contributed by atoms with E-state index in [2.05, 4.69) is 11.4 Å². The minimum Gasteiger partial charge on any atom is -0.325 e. The van der Waals surface area contributed by atoms with E-state index in [0.29, 0.717) is 27.5 Å². The van der Waals surface area contributed by atoms with Crippen molar-refractivity contribution < 1.29 is 9.72 Å². The fourth-order valence-corrected chi connectivity index (χ4v) is 4.47. The highest BCUT2D eigenvalue weighted by Gasteiger charge is 2.18. The first kappa shape index (κ1) is 24.6. The average Bonchev–Trinajstić information content (AvgIpc) is 2.89. The number of amides is 1. The lowest BCUT2D eigenvalue weighted by Crippen LogP contribution is -2.14. The Hall–Kier alpha value is -4.48. The molecule has 0 aliphatic carbocycles. The largest absolute Gasteiger partial charge is 0.325 e. The molecule has 0 aliphatic heterocycles. The molecule has 36 heavy (non-hydrogen) atoms. The SMILES string of the molecule is Cc1ccc(-c2cc(-c3ccccc3)nc(SCC(=O)Nc3ccc(C)c([N+](=O)[O-])c3)c2C#N)cc1. The van der Waals surface area contributed by atoms with Crippen LogP contribution in [0.2, 0.25) is 0 Å². The number of aromatic nitrogens is 1. The molecule has 4 aromatic rings. The Balaban J connectivity index is 1.65. The third kappa shape index (κ3) is 5.59. The number of nitrogens with zero attached hydrogens (tertiary/aromatic N) is 3. The second kappa shape index (κ2) is 10.8. The summed E-state index contributed by atoms with van der Waals surface area (Å²) >= 11 is 1.15. The molecule has 0 fully saturated rings. The van der Waals surface area contributed by atoms with Gasteiger partial charge in [-0.25, -0.2) is 4.98 Å². The second-order valence-electron chi connectivity index (χ2n) is 8.17. The van der Waals surface area contributed by atoms with Crippen LogP contribution in [0, 0.1) is 35.3 Å². The van der Waals surface area contributed by atoms with Gasteiger partial charge in [0.15, 0.2) is 0 Å². The summed E-state index contributed by atoms with van der Waals surface area (Å²) < 4.78 is 0. The van der Waals surface area contributed by atoms with Gasteiger partial charge in [0.25, 0.3) is 5.69 Å². The van der Waals surface area contributed by atoms with Crippen LogP contribution in [0.15, 0.2) is 83.9 Å². The van der Waals surface area contributed by atoms with Gasteiger partial charge in [-0.3, -0.25) is 14.9 Å². The fraction of sp³-hybridized carbons (Fsp3) is 0.107. The molecule has 0 aliphatic rings. The zero-order valence-corrected chi connectivity index (χ0v) is 20.5. The van der Waals surface area contributed by atoms with Gasteiger partial charge in [0.1, 0.15) is 11.1 Å². The van der Waals surface area contributed by atoms with Gasteiger partial charge in [-0.2, -0.15) is 5.26 Å². The molecule has 3 aromatic carbocycles. The number of hydrogen-bond donors (Lipinski definition) is 1. The number of nitrogens with one attached hydrogen (secondary N) is 1. The predicted molar refractivity (Wildman–Crippen MR) is 142 cm³/mol. The first-order valence-corrected chi connectivity index (χ1v) is 12.1. The predicted octanol–water partition coefficient (Wildman–Crippen LogP) is 6.54. The summed E-state index contributed by atoms with van der Waals surface area (Å²) in [6, 6.07) is 26.3. The Morgan fingerprint density at radius 3 is 2.42 bits per heavy atom. The summed E-state index contributed by atoms with van der Waals surface area (Å²) in [6.07, 6.45) is 0. The van der Waals surface area contributed by atoms with E-state index in [-0.39, 0.29) is 17.3 Å². The fourth-order valence-electron chi connectivity index (χ4n) is 3.67. The van der Waals surface area contributed by atoms with Crippen molar-refractivity contribution in [2.45, 2.75) is 18.9 Å². The first-order valence-electron chi connectivity index (χ1n) is 11.1. The summed E-state index contributed by atoms with van der Waals surface area (Å²) in [5.41, 5.74) is 5.50. The number of anilines is 1. The number of hydrogen-bond acceptors (Lipinski definition) is 6. The minimum absolute atomic E-state index is 0.0189. The van der Waals surface area contributed by atoms with Gasteiger partial charge in [-0.05, 0) is 31.5 Å². The number of carbonyl (C=O) groups is 1. The van der Waals surface area contributed by atoms with E-state index in [4.69, 9.17) is 4.98 Å². The van der Waals surface area contributed by atoms with Gasteiger partial charge in [-0.15, -0.1) is 0 Å². The lowest BCUT2D eigenvalue weighted by Gasteiger charge is -2.13. The van der Waals surface area contributed by atoms with Crippen molar-refractivity contribution in [3.05, 3.63) is 106 Å². The smallest absolute Gasteiger partial charge is 0.274 e. The number of nitriles is 1. The molecule has 1 N–H and O–H groups in total. The lowest BCUT2D eigenvalue weighted by atomic mass is 9.98. The van der Waals surface area contributed by atoms with Crippen LogP contribution in [-0.2, 0) is 4.79 Å². The van der Waals surface area contributed by atoms with Crippen molar-refractivity contribution >= 4 is 29.0 Å². The van der Waals surface area contributed by atoms with Crippen LogP contribution < -0.4 is 5.32 Å². The van der Waals surface area contributed by atoms with Crippen molar-refractivity contribution in [2.75, 3.05) is 11.1 Å². The van der Waals surface area contributed by atoms with Gasteiger partial charge < -0.3 is 5.32 Å². The molecule has 1 heterocycles. The number of pyridine rings is 1. The number of thioether (sulfide) groups is 1. The maximum Gasteiger partial charge on any atom is 0.274 e. The molecule has 0 atom stereocenters. The van der Waals surface area contributed by atoms with Gasteiger partial charge in [0, 0.05) is 28.4 Å². The number of nitro benzene ring substituents is 1. The number of rotatable bonds is 7. The van der Waals surface area contributed by atoms with Crippen LogP contribution >= 0.6 is 11.8 Å². The van der Waals surface area contributed by atoms with Crippen LogP contribution in [0.5, 0.6) is 0 Å². The number of carbonyl (C=O) groups excluding carboxylic acids is 1. The molecule has 0 bridgehead atoms. The van der Waals surface area contributed by atoms with Crippen LogP contribution in [-0.4, -0.2) is 21.6 Å². The van der Waals surface area contributed by atoms with Crippen LogP contribution in [0.4, 0.5) is 11.4 Å². The van der Waals surface area contributed by atoms with E-state index in [9.17, 15) is 20.2 Å². The van der Waals surface area contributed by atoms with E-state index >= 15 is 0 Å². The summed E-state index contributed by atoms with van der Waals surface area (Å²) in [5, 5.41) is 24.4. The zero-order valence-electron chi connectivity index (χ0n) is 19.7. The standard InChI is InChI=1S/C28H22N4O3S/c1-18-8-11-20(12-9-18)23-15-25(21-6-4-3-5-7-21)31-28(24(23)16-29)36-17-27(33)30-22-13-10-19(2)26(14-22)32(34)35/h3-15H,17H2,1-2H3,(H,30,33). The monoisotopic (exact) mass is 494 g/mol. The van der Waals surface area contributed by atoms with E-state index in [1.54, 1.807) is 19.1 Å². The van der Waals surface area contributed by atoms with Crippen LogP contribution in [0.25, 0.3) is 22.4 Å². The highest BCUT2D eigenvalue weighted by Crippen LogP contribution is 2.34. The van der Waals surface area contributed by atoms with Gasteiger partial charge >= 0.3 is 0 Å². The summed E-state index contributed by atoms with van der Waals surface area (Å²) in [4.78, 5) is 28.1. The molecule has 0 unspecified atom stereocenters. The van der Waals surface area contributed by atoms with E-state index in [1.165, 1.54) is 6.07 Å². The molecular formula is C28H22N4O3S. The van der Waals surface area contributed by atoms with Crippen molar-refractivity contribution in [3.8, 4) is 28.5 Å². The number of nitro groups is 1. The first-order chi connectivity index (χ1) is 17.4. The molecule has 0 saturated heterocycles. The van der Waals surface area contributed by atoms with Gasteiger partial charge in [-0.1, -0.05) is 78.0 Å². The Morgan fingerprint density at radius 2 is 1.75 bits per heavy atom. The van der Waals surface area contributed by atoms with Gasteiger partial charge in [0.2, 0.25) is 5.91 Å². The number of benzene rings is 3. The summed E-state index contributed by atoms with van der Waals surface area (Å²) in [5.74, 6) is -0.375. The maximum atomic E-state index is 12.7. The Bertz CT molecular complexity index is 1480. The third-order valence-corrected chi connectivity index (χ3v) is 6.54. The topological polar surface area (TPSA) is 109 Å². The van der Waals surface area contributed by atoms with Gasteiger partial charge in [0.05, 0.1) is 21.9 Å². The molecule has 1 amide bonds. The number of aryl methyl sites for hydroxylation is 2. The average molecular weight is 495 g/mol. The third-order valence-electron chi connectivity index (χ3n) is 5.56. The highest BCUT2D eigenvalue weighted by atomic mass is 32.2. The van der Waals surface area contributed by atoms with Crippen molar-refractivity contribution in [2.24, 2.45) is 0 Å². The Morgan fingerprint density at radius 1 is 1.03 bits per heavy atom. The zero-order chi connectivity index (χ0) is 25.7. The Labute approximate surface area is 213 Å². The van der Waals surface area contributed by atoms with Crippen LogP contribution in [0.1, 0.15) is 16.7 Å². The molecule has 1 aromatic heterocycles. The Kier molecular flexibility index (Phi) is 7.42. The minimum atomic E-state index is -0.482. The molecule has 0 spiro atoms.